The van der Waals surface area contributed by atoms with E-state index in [1.807, 2.05) is 0 Å². The Bertz CT molecular complexity index is 159. The first-order valence-corrected chi connectivity index (χ1v) is 4.97. The summed E-state index contributed by atoms with van der Waals surface area (Å²) in [6.45, 7) is 4.46. The van der Waals surface area contributed by atoms with Crippen molar-refractivity contribution in [3.63, 3.8) is 0 Å². The molecule has 0 aliphatic heterocycles. The Balaban J connectivity index is 3.76. The molecule has 0 heterocycles. The van der Waals surface area contributed by atoms with Crippen molar-refractivity contribution in [3.8, 4) is 0 Å². The third-order valence-electron chi connectivity index (χ3n) is 1.37. The molecule has 0 atom stereocenters. The zero-order valence-electron chi connectivity index (χ0n) is 7.10. The largest absolute Gasteiger partial charge is 0.396 e. The molecule has 0 unspecified atom stereocenters. The van der Waals surface area contributed by atoms with E-state index in [-0.39, 0.29) is 6.61 Å². The molecule has 0 fully saturated rings. The third kappa shape index (κ3) is 6.56. The first-order chi connectivity index (χ1) is 5.20. The number of allylic oxidation sites excluding steroid dienone is 2. The van der Waals surface area contributed by atoms with Crippen LogP contribution in [0.3, 0.4) is 0 Å². The van der Waals surface area contributed by atoms with Crippen molar-refractivity contribution in [1.82, 2.24) is 0 Å². The highest BCUT2D eigenvalue weighted by Gasteiger charge is 1.90. The molecule has 0 rings (SSSR count). The first kappa shape index (κ1) is 11.2. The Morgan fingerprint density at radius 3 is 2.45 bits per heavy atom. The van der Waals surface area contributed by atoms with E-state index in [2.05, 4.69) is 46.6 Å². The molecule has 0 spiro atoms. The summed E-state index contributed by atoms with van der Waals surface area (Å²) in [5, 5.41) is 8.55. The van der Waals surface area contributed by atoms with Crippen molar-refractivity contribution in [2.24, 2.45) is 0 Å². The highest BCUT2D eigenvalue weighted by molar-refractivity contribution is 14.1. The van der Waals surface area contributed by atoms with Gasteiger partial charge in [-0.3, -0.25) is 0 Å². The number of hydrogen-bond donors (Lipinski definition) is 1. The fourth-order valence-corrected chi connectivity index (χ4v) is 1.08. The van der Waals surface area contributed by atoms with Crippen LogP contribution in [-0.4, -0.2) is 11.7 Å². The van der Waals surface area contributed by atoms with E-state index >= 15 is 0 Å². The van der Waals surface area contributed by atoms with Crippen molar-refractivity contribution in [2.45, 2.75) is 26.7 Å². The van der Waals surface area contributed by atoms with Gasteiger partial charge in [0, 0.05) is 6.61 Å². The maximum atomic E-state index is 8.55. The summed E-state index contributed by atoms with van der Waals surface area (Å²) in [7, 11) is 0. The second kappa shape index (κ2) is 6.85. The van der Waals surface area contributed by atoms with Gasteiger partial charge in [-0.1, -0.05) is 39.8 Å². The van der Waals surface area contributed by atoms with Crippen LogP contribution in [0.2, 0.25) is 0 Å². The molecule has 64 valence electrons. The van der Waals surface area contributed by atoms with Crippen molar-refractivity contribution in [2.75, 3.05) is 6.61 Å². The fourth-order valence-electron chi connectivity index (χ4n) is 0.862. The maximum Gasteiger partial charge on any atom is 0.0465 e. The number of halogens is 1. The van der Waals surface area contributed by atoms with Gasteiger partial charge in [0.2, 0.25) is 0 Å². The summed E-state index contributed by atoms with van der Waals surface area (Å²) in [5.41, 5.74) is 2.71. The van der Waals surface area contributed by atoms with Crippen molar-refractivity contribution >= 4 is 22.6 Å². The molecular weight excluding hydrogens is 251 g/mol. The molecule has 1 N–H and O–H groups in total. The molecule has 2 heteroatoms. The topological polar surface area (TPSA) is 20.2 Å². The van der Waals surface area contributed by atoms with Gasteiger partial charge in [-0.25, -0.2) is 0 Å². The molecule has 0 saturated heterocycles. The van der Waals surface area contributed by atoms with Gasteiger partial charge in [0.25, 0.3) is 0 Å². The molecule has 0 aromatic carbocycles. The summed E-state index contributed by atoms with van der Waals surface area (Å²) in [4.78, 5) is 0. The second-order valence-electron chi connectivity index (χ2n) is 2.69. The van der Waals surface area contributed by atoms with Crippen molar-refractivity contribution in [1.29, 1.82) is 0 Å². The Kier molecular flexibility index (Phi) is 6.96. The molecular formula is C9H15IO. The van der Waals surface area contributed by atoms with Crippen LogP contribution < -0.4 is 0 Å². The smallest absolute Gasteiger partial charge is 0.0465 e. The van der Waals surface area contributed by atoms with E-state index < -0.39 is 0 Å². The third-order valence-corrected chi connectivity index (χ3v) is 2.43. The van der Waals surface area contributed by atoms with Gasteiger partial charge in [0.1, 0.15) is 0 Å². The van der Waals surface area contributed by atoms with Gasteiger partial charge in [-0.15, -0.1) is 0 Å². The zero-order valence-corrected chi connectivity index (χ0v) is 9.26. The van der Waals surface area contributed by atoms with Crippen LogP contribution in [0, 0.1) is 0 Å². The Morgan fingerprint density at radius 1 is 1.36 bits per heavy atom. The van der Waals surface area contributed by atoms with Crippen LogP contribution in [0.4, 0.5) is 0 Å². The molecule has 11 heavy (non-hydrogen) atoms. The number of rotatable bonds is 4. The maximum absolute atomic E-state index is 8.55. The van der Waals surface area contributed by atoms with E-state index in [9.17, 15) is 0 Å². The molecule has 0 amide bonds. The zero-order chi connectivity index (χ0) is 8.69. The van der Waals surface area contributed by atoms with Crippen molar-refractivity contribution < 1.29 is 5.11 Å². The van der Waals surface area contributed by atoms with Gasteiger partial charge in [0.15, 0.2) is 0 Å². The normalized spacial score (nSPS) is 13.8. The van der Waals surface area contributed by atoms with Crippen LogP contribution in [0.15, 0.2) is 21.3 Å². The monoisotopic (exact) mass is 266 g/mol. The lowest BCUT2D eigenvalue weighted by Gasteiger charge is -1.99. The van der Waals surface area contributed by atoms with Crippen LogP contribution in [-0.2, 0) is 0 Å². The molecule has 1 nitrogen and oxygen atoms in total. The lowest BCUT2D eigenvalue weighted by molar-refractivity contribution is 0.302. The average molecular weight is 266 g/mol. The lowest BCUT2D eigenvalue weighted by Crippen LogP contribution is -1.82. The molecule has 0 aromatic rings. The summed E-state index contributed by atoms with van der Waals surface area (Å²) < 4.78 is 2.09. The first-order valence-electron chi connectivity index (χ1n) is 3.73. The summed E-state index contributed by atoms with van der Waals surface area (Å²) in [6, 6.07) is 0. The Hall–Kier alpha value is 0.170. The van der Waals surface area contributed by atoms with Crippen molar-refractivity contribution in [3.05, 3.63) is 21.3 Å². The van der Waals surface area contributed by atoms with Gasteiger partial charge in [0.05, 0.1) is 0 Å². The minimum Gasteiger partial charge on any atom is -0.396 e. The Labute approximate surface area is 82.3 Å². The summed E-state index contributed by atoms with van der Waals surface area (Å²) in [6.07, 6.45) is 3.90. The Morgan fingerprint density at radius 2 is 2.00 bits per heavy atom. The molecule has 0 aliphatic rings. The number of hydrogen-bond acceptors (Lipinski definition) is 1. The second-order valence-corrected chi connectivity index (χ2v) is 3.32. The highest BCUT2D eigenvalue weighted by Crippen LogP contribution is 2.11. The van der Waals surface area contributed by atoms with E-state index in [0.29, 0.717) is 0 Å². The predicted octanol–water partition coefficient (Wildman–Crippen LogP) is 3.04. The van der Waals surface area contributed by atoms with Crippen LogP contribution >= 0.6 is 22.6 Å². The van der Waals surface area contributed by atoms with E-state index in [1.54, 1.807) is 0 Å². The average Bonchev–Trinajstić information content (AvgIpc) is 2.00. The van der Waals surface area contributed by atoms with Crippen LogP contribution in [0.5, 0.6) is 0 Å². The van der Waals surface area contributed by atoms with Gasteiger partial charge in [-0.05, 0) is 30.8 Å². The molecule has 0 aliphatic carbocycles. The van der Waals surface area contributed by atoms with E-state index in [0.717, 1.165) is 12.8 Å². The SMILES string of the molecule is C/C(=C\I)C/C(C)=C/CCO. The molecule has 0 radical (unpaired) electrons. The molecule has 0 bridgehead atoms. The number of aliphatic hydroxyl groups is 1. The van der Waals surface area contributed by atoms with E-state index in [4.69, 9.17) is 5.11 Å². The highest BCUT2D eigenvalue weighted by atomic mass is 127. The lowest BCUT2D eigenvalue weighted by atomic mass is 10.1. The minimum atomic E-state index is 0.254. The molecule has 0 aromatic heterocycles. The minimum absolute atomic E-state index is 0.254. The molecule has 0 saturated carbocycles. The van der Waals surface area contributed by atoms with Crippen LogP contribution in [0.25, 0.3) is 0 Å². The summed E-state index contributed by atoms with van der Waals surface area (Å²) >= 11 is 2.25. The quantitative estimate of drug-likeness (QED) is 0.612. The summed E-state index contributed by atoms with van der Waals surface area (Å²) in [5.74, 6) is 0. The fraction of sp³-hybridized carbons (Fsp3) is 0.556. The standard InChI is InChI=1S/C9H15IO/c1-8(4-3-5-11)6-9(2)7-10/h4,7,11H,3,5-6H2,1-2H3/b8-4+,9-7+. The number of aliphatic hydroxyl groups excluding tert-OH is 1. The van der Waals surface area contributed by atoms with Gasteiger partial charge in [-0.2, -0.15) is 0 Å². The van der Waals surface area contributed by atoms with Gasteiger partial charge >= 0.3 is 0 Å². The predicted molar refractivity (Wildman–Crippen MR) is 57.9 cm³/mol. The van der Waals surface area contributed by atoms with E-state index in [1.165, 1.54) is 11.1 Å². The van der Waals surface area contributed by atoms with Gasteiger partial charge < -0.3 is 5.11 Å². The van der Waals surface area contributed by atoms with Crippen LogP contribution in [0.1, 0.15) is 26.7 Å².